The first-order valence-electron chi connectivity index (χ1n) is 6.52. The Morgan fingerprint density at radius 2 is 1.48 bits per heavy atom. The van der Waals surface area contributed by atoms with Crippen LogP contribution < -0.4 is 5.32 Å². The summed E-state index contributed by atoms with van der Waals surface area (Å²) in [6.45, 7) is 3.53. The Balaban J connectivity index is 3.27. The maximum Gasteiger partial charge on any atom is 0.416 e. The fraction of sp³-hybridized carbons (Fsp3) is 0.500. The second-order valence-corrected chi connectivity index (χ2v) is 5.92. The van der Waals surface area contributed by atoms with Crippen LogP contribution in [-0.4, -0.2) is 17.3 Å². The molecule has 130 valence electrons. The van der Waals surface area contributed by atoms with Gasteiger partial charge in [-0.15, -0.1) is 0 Å². The van der Waals surface area contributed by atoms with E-state index in [4.69, 9.17) is 0 Å². The molecule has 1 aromatic carbocycles. The lowest BCUT2D eigenvalue weighted by molar-refractivity contribution is -0.143. The summed E-state index contributed by atoms with van der Waals surface area (Å²) < 4.78 is 76.5. The molecule has 0 bridgehead atoms. The largest absolute Gasteiger partial charge is 0.416 e. The van der Waals surface area contributed by atoms with Crippen LogP contribution >= 0.6 is 15.9 Å². The van der Waals surface area contributed by atoms with Gasteiger partial charge in [-0.05, 0) is 24.1 Å². The summed E-state index contributed by atoms with van der Waals surface area (Å²) in [5.74, 6) is -1.04. The summed E-state index contributed by atoms with van der Waals surface area (Å²) in [7, 11) is 0. The minimum Gasteiger partial charge on any atom is -0.348 e. The summed E-state index contributed by atoms with van der Waals surface area (Å²) in [6, 6.07) is 0.388. The summed E-state index contributed by atoms with van der Waals surface area (Å²) in [5, 5.41) is 2.74. The molecule has 1 N–H and O–H groups in total. The van der Waals surface area contributed by atoms with Gasteiger partial charge in [0, 0.05) is 16.9 Å². The van der Waals surface area contributed by atoms with Crippen LogP contribution in [0.3, 0.4) is 0 Å². The number of amides is 1. The third-order valence-corrected chi connectivity index (χ3v) is 3.83. The summed E-state index contributed by atoms with van der Waals surface area (Å²) in [5.41, 5.74) is -3.71. The number of nitrogens with one attached hydrogen (secondary N) is 1. The molecule has 23 heavy (non-hydrogen) atoms. The third kappa shape index (κ3) is 5.40. The Hall–Kier alpha value is -1.25. The fourth-order valence-corrected chi connectivity index (χ4v) is 2.63. The molecule has 1 atom stereocenters. The molecule has 0 heterocycles. The quantitative estimate of drug-likeness (QED) is 0.561. The van der Waals surface area contributed by atoms with Gasteiger partial charge in [0.1, 0.15) is 0 Å². The number of benzene rings is 1. The number of carbonyl (C=O) groups is 1. The Morgan fingerprint density at radius 3 is 1.78 bits per heavy atom. The van der Waals surface area contributed by atoms with Crippen LogP contribution in [0.25, 0.3) is 0 Å². The fourth-order valence-electron chi connectivity index (χ4n) is 1.72. The maximum atomic E-state index is 12.7. The van der Waals surface area contributed by atoms with E-state index in [1.54, 1.807) is 13.8 Å². The summed E-state index contributed by atoms with van der Waals surface area (Å²) in [4.78, 5) is 12.0. The maximum absolute atomic E-state index is 12.7. The van der Waals surface area contributed by atoms with Gasteiger partial charge < -0.3 is 5.32 Å². The van der Waals surface area contributed by atoms with E-state index in [9.17, 15) is 31.1 Å². The van der Waals surface area contributed by atoms with Crippen LogP contribution in [0.2, 0.25) is 0 Å². The van der Waals surface area contributed by atoms with Crippen molar-refractivity contribution in [3.05, 3.63) is 34.9 Å². The number of hydrogen-bond acceptors (Lipinski definition) is 1. The van der Waals surface area contributed by atoms with E-state index in [2.05, 4.69) is 21.2 Å². The van der Waals surface area contributed by atoms with Gasteiger partial charge in [-0.25, -0.2) is 0 Å². The van der Waals surface area contributed by atoms with Crippen molar-refractivity contribution >= 4 is 21.8 Å². The molecule has 0 aromatic heterocycles. The standard InChI is InChI=1S/C14H14BrF6NO/c1-7(2)11(6-15)22-12(23)8-3-9(13(16,17)18)5-10(4-8)14(19,20)21/h3-5,7,11H,6H2,1-2H3,(H,22,23)/t11-/m1/s1. The smallest absolute Gasteiger partial charge is 0.348 e. The topological polar surface area (TPSA) is 29.1 Å². The van der Waals surface area contributed by atoms with Crippen molar-refractivity contribution in [2.45, 2.75) is 32.2 Å². The van der Waals surface area contributed by atoms with E-state index < -0.39 is 41.0 Å². The molecule has 0 spiro atoms. The van der Waals surface area contributed by atoms with Crippen LogP contribution in [0.1, 0.15) is 35.3 Å². The number of hydrogen-bond donors (Lipinski definition) is 1. The van der Waals surface area contributed by atoms with Crippen LogP contribution in [0.15, 0.2) is 18.2 Å². The second-order valence-electron chi connectivity index (χ2n) is 5.27. The molecular weight excluding hydrogens is 392 g/mol. The summed E-state index contributed by atoms with van der Waals surface area (Å²) in [6.07, 6.45) is -9.97. The van der Waals surface area contributed by atoms with Gasteiger partial charge in [0.15, 0.2) is 0 Å². The van der Waals surface area contributed by atoms with Crippen molar-refractivity contribution in [1.82, 2.24) is 5.32 Å². The number of alkyl halides is 7. The van der Waals surface area contributed by atoms with Gasteiger partial charge in [0.25, 0.3) is 5.91 Å². The molecular formula is C14H14BrF6NO. The number of rotatable bonds is 4. The van der Waals surface area contributed by atoms with Gasteiger partial charge in [-0.3, -0.25) is 4.79 Å². The van der Waals surface area contributed by atoms with Gasteiger partial charge in [-0.1, -0.05) is 29.8 Å². The molecule has 1 rings (SSSR count). The molecule has 0 saturated carbocycles. The Kier molecular flexibility index (Phi) is 6.12. The van der Waals surface area contributed by atoms with Crippen molar-refractivity contribution in [2.75, 3.05) is 5.33 Å². The highest BCUT2D eigenvalue weighted by molar-refractivity contribution is 9.09. The Bertz CT molecular complexity index is 535. The SMILES string of the molecule is CC(C)[C@@H](CBr)NC(=O)c1cc(C(F)(F)F)cc(C(F)(F)F)c1. The Labute approximate surface area is 137 Å². The molecule has 0 fully saturated rings. The highest BCUT2D eigenvalue weighted by atomic mass is 79.9. The molecule has 1 aromatic rings. The first-order valence-corrected chi connectivity index (χ1v) is 7.64. The Morgan fingerprint density at radius 1 is 1.04 bits per heavy atom. The lowest BCUT2D eigenvalue weighted by Crippen LogP contribution is -2.39. The van der Waals surface area contributed by atoms with Crippen molar-refractivity contribution in [2.24, 2.45) is 5.92 Å². The van der Waals surface area contributed by atoms with Gasteiger partial charge in [-0.2, -0.15) is 26.3 Å². The predicted molar refractivity (Wildman–Crippen MR) is 76.3 cm³/mol. The van der Waals surface area contributed by atoms with Crippen LogP contribution in [0, 0.1) is 5.92 Å². The monoisotopic (exact) mass is 405 g/mol. The van der Waals surface area contributed by atoms with Crippen molar-refractivity contribution in [3.63, 3.8) is 0 Å². The average molecular weight is 406 g/mol. The van der Waals surface area contributed by atoms with E-state index in [1.807, 2.05) is 0 Å². The number of halogens is 7. The van der Waals surface area contributed by atoms with E-state index in [-0.39, 0.29) is 12.0 Å². The van der Waals surface area contributed by atoms with Crippen molar-refractivity contribution < 1.29 is 31.1 Å². The highest BCUT2D eigenvalue weighted by Gasteiger charge is 2.37. The predicted octanol–water partition coefficient (Wildman–Crippen LogP) is 4.87. The second kappa shape index (κ2) is 7.11. The lowest BCUT2D eigenvalue weighted by Gasteiger charge is -2.21. The average Bonchev–Trinajstić information content (AvgIpc) is 2.41. The van der Waals surface area contributed by atoms with Crippen molar-refractivity contribution in [1.29, 1.82) is 0 Å². The minimum atomic E-state index is -4.98. The molecule has 1 amide bonds. The van der Waals surface area contributed by atoms with Crippen LogP contribution in [-0.2, 0) is 12.4 Å². The van der Waals surface area contributed by atoms with Crippen molar-refractivity contribution in [3.8, 4) is 0 Å². The van der Waals surface area contributed by atoms with E-state index in [0.717, 1.165) is 0 Å². The first-order chi connectivity index (χ1) is 10.4. The third-order valence-electron chi connectivity index (χ3n) is 3.14. The molecule has 9 heteroatoms. The lowest BCUT2D eigenvalue weighted by atomic mass is 10.0. The molecule has 0 unspecified atom stereocenters. The molecule has 0 aliphatic rings. The number of carbonyl (C=O) groups excluding carboxylic acids is 1. The van der Waals surface area contributed by atoms with E-state index in [1.165, 1.54) is 0 Å². The van der Waals surface area contributed by atoms with Crippen LogP contribution in [0.5, 0.6) is 0 Å². The highest BCUT2D eigenvalue weighted by Crippen LogP contribution is 2.36. The zero-order valence-corrected chi connectivity index (χ0v) is 13.7. The normalized spacial score (nSPS) is 14.0. The zero-order chi connectivity index (χ0) is 18.0. The van der Waals surface area contributed by atoms with Gasteiger partial charge in [0.2, 0.25) is 0 Å². The molecule has 0 saturated heterocycles. The zero-order valence-electron chi connectivity index (χ0n) is 12.1. The van der Waals surface area contributed by atoms with Gasteiger partial charge in [0.05, 0.1) is 11.1 Å². The van der Waals surface area contributed by atoms with E-state index >= 15 is 0 Å². The molecule has 2 nitrogen and oxygen atoms in total. The van der Waals surface area contributed by atoms with Gasteiger partial charge >= 0.3 is 12.4 Å². The van der Waals surface area contributed by atoms with E-state index in [0.29, 0.717) is 17.5 Å². The molecule has 0 radical (unpaired) electrons. The minimum absolute atomic E-state index is 0.0127. The summed E-state index contributed by atoms with van der Waals surface area (Å²) >= 11 is 3.14. The molecule has 0 aliphatic carbocycles. The first kappa shape index (κ1) is 19.8. The molecule has 0 aliphatic heterocycles. The van der Waals surface area contributed by atoms with Crippen LogP contribution in [0.4, 0.5) is 26.3 Å².